The van der Waals surface area contributed by atoms with Crippen molar-refractivity contribution in [3.63, 3.8) is 0 Å². The summed E-state index contributed by atoms with van der Waals surface area (Å²) in [6.45, 7) is 3.25. The predicted octanol–water partition coefficient (Wildman–Crippen LogP) is 1.75. The second kappa shape index (κ2) is 6.72. The number of nitrogens with two attached hydrogens (primary N) is 1. The Hall–Kier alpha value is -1.59. The molecule has 1 fully saturated rings. The van der Waals surface area contributed by atoms with Crippen molar-refractivity contribution in [1.29, 1.82) is 0 Å². The molecule has 0 spiro atoms. The van der Waals surface area contributed by atoms with Crippen LogP contribution < -0.4 is 16.4 Å². The van der Waals surface area contributed by atoms with E-state index in [-0.39, 0.29) is 6.03 Å². The molecule has 0 aliphatic heterocycles. The number of rotatable bonds is 6. The lowest BCUT2D eigenvalue weighted by Gasteiger charge is -2.24. The van der Waals surface area contributed by atoms with E-state index < -0.39 is 0 Å². The van der Waals surface area contributed by atoms with Crippen molar-refractivity contribution in [2.24, 2.45) is 5.73 Å². The number of likely N-dealkylation sites (N-methyl/N-ethyl adjacent to an activating group) is 1. The first-order chi connectivity index (χ1) is 9.60. The number of anilines is 1. The number of benzene rings is 1. The van der Waals surface area contributed by atoms with Crippen molar-refractivity contribution in [2.45, 2.75) is 38.4 Å². The van der Waals surface area contributed by atoms with Gasteiger partial charge in [-0.25, -0.2) is 4.79 Å². The Morgan fingerprint density at radius 3 is 2.90 bits per heavy atom. The first kappa shape index (κ1) is 14.8. The van der Waals surface area contributed by atoms with Crippen LogP contribution in [-0.2, 0) is 6.54 Å². The molecule has 0 aromatic heterocycles. The monoisotopic (exact) mass is 276 g/mol. The van der Waals surface area contributed by atoms with Crippen LogP contribution in [0.15, 0.2) is 24.3 Å². The van der Waals surface area contributed by atoms with E-state index in [1.165, 1.54) is 12.8 Å². The molecular formula is C15H24N4O. The van der Waals surface area contributed by atoms with Crippen molar-refractivity contribution in [1.82, 2.24) is 10.2 Å². The quantitative estimate of drug-likeness (QED) is 0.741. The molecule has 1 unspecified atom stereocenters. The Morgan fingerprint density at radius 2 is 2.25 bits per heavy atom. The van der Waals surface area contributed by atoms with E-state index in [1.807, 2.05) is 24.3 Å². The SMILES string of the molecule is CC(CNC(=O)Nc1cccc(CN)c1)N(C)C1CC1. The minimum absolute atomic E-state index is 0.171. The summed E-state index contributed by atoms with van der Waals surface area (Å²) in [7, 11) is 2.12. The molecule has 2 amide bonds. The fraction of sp³-hybridized carbons (Fsp3) is 0.533. The van der Waals surface area contributed by atoms with Crippen LogP contribution in [0.1, 0.15) is 25.3 Å². The molecule has 5 heteroatoms. The van der Waals surface area contributed by atoms with Crippen LogP contribution in [0.5, 0.6) is 0 Å². The molecule has 5 nitrogen and oxygen atoms in total. The lowest BCUT2D eigenvalue weighted by molar-refractivity contribution is 0.229. The number of carbonyl (C=O) groups is 1. The Labute approximate surface area is 120 Å². The summed E-state index contributed by atoms with van der Waals surface area (Å²) < 4.78 is 0. The van der Waals surface area contributed by atoms with Gasteiger partial charge in [0.05, 0.1) is 0 Å². The van der Waals surface area contributed by atoms with Crippen LogP contribution in [0.4, 0.5) is 10.5 Å². The predicted molar refractivity (Wildman–Crippen MR) is 81.6 cm³/mol. The molecule has 1 saturated carbocycles. The van der Waals surface area contributed by atoms with Crippen LogP contribution in [0.2, 0.25) is 0 Å². The number of hydrogen-bond acceptors (Lipinski definition) is 3. The van der Waals surface area contributed by atoms with E-state index in [4.69, 9.17) is 5.73 Å². The van der Waals surface area contributed by atoms with Gasteiger partial charge < -0.3 is 16.4 Å². The summed E-state index contributed by atoms with van der Waals surface area (Å²) in [6, 6.07) is 8.46. The average Bonchev–Trinajstić information content (AvgIpc) is 3.28. The summed E-state index contributed by atoms with van der Waals surface area (Å²) >= 11 is 0. The van der Waals surface area contributed by atoms with Gasteiger partial charge in [-0.15, -0.1) is 0 Å². The molecule has 1 aromatic carbocycles. The normalized spacial score (nSPS) is 16.0. The first-order valence-electron chi connectivity index (χ1n) is 7.16. The Bertz CT molecular complexity index is 459. The third kappa shape index (κ3) is 4.21. The maximum absolute atomic E-state index is 11.9. The molecule has 20 heavy (non-hydrogen) atoms. The average molecular weight is 276 g/mol. The molecule has 4 N–H and O–H groups in total. The lowest BCUT2D eigenvalue weighted by Crippen LogP contribution is -2.42. The standard InChI is InChI=1S/C15H24N4O/c1-11(19(2)14-6-7-14)10-17-15(20)18-13-5-3-4-12(8-13)9-16/h3-5,8,11,14H,6-7,9-10,16H2,1-2H3,(H2,17,18,20). The lowest BCUT2D eigenvalue weighted by atomic mass is 10.2. The van der Waals surface area contributed by atoms with Gasteiger partial charge in [-0.2, -0.15) is 0 Å². The van der Waals surface area contributed by atoms with E-state index in [0.29, 0.717) is 25.2 Å². The van der Waals surface area contributed by atoms with Gasteiger partial charge in [0, 0.05) is 30.9 Å². The second-order valence-electron chi connectivity index (χ2n) is 5.49. The van der Waals surface area contributed by atoms with Gasteiger partial charge >= 0.3 is 6.03 Å². The van der Waals surface area contributed by atoms with Gasteiger partial charge in [0.15, 0.2) is 0 Å². The summed E-state index contributed by atoms with van der Waals surface area (Å²) in [4.78, 5) is 14.2. The molecule has 0 radical (unpaired) electrons. The van der Waals surface area contributed by atoms with Gasteiger partial charge in [-0.1, -0.05) is 12.1 Å². The maximum atomic E-state index is 11.9. The van der Waals surface area contributed by atoms with Gasteiger partial charge in [0.2, 0.25) is 0 Å². The zero-order valence-electron chi connectivity index (χ0n) is 12.2. The smallest absolute Gasteiger partial charge is 0.319 e. The molecular weight excluding hydrogens is 252 g/mol. The zero-order valence-corrected chi connectivity index (χ0v) is 12.2. The fourth-order valence-corrected chi connectivity index (χ4v) is 2.18. The Kier molecular flexibility index (Phi) is 4.98. The number of nitrogens with zero attached hydrogens (tertiary/aromatic N) is 1. The second-order valence-corrected chi connectivity index (χ2v) is 5.49. The highest BCUT2D eigenvalue weighted by Crippen LogP contribution is 2.26. The molecule has 1 aliphatic rings. The summed E-state index contributed by atoms with van der Waals surface area (Å²) in [5, 5.41) is 5.74. The first-order valence-corrected chi connectivity index (χ1v) is 7.16. The van der Waals surface area contributed by atoms with E-state index in [1.54, 1.807) is 0 Å². The van der Waals surface area contributed by atoms with E-state index >= 15 is 0 Å². The highest BCUT2D eigenvalue weighted by Gasteiger charge is 2.29. The number of amides is 2. The summed E-state index contributed by atoms with van der Waals surface area (Å²) in [5.41, 5.74) is 7.36. The number of nitrogens with one attached hydrogen (secondary N) is 2. The minimum Gasteiger partial charge on any atom is -0.336 e. The molecule has 0 heterocycles. The van der Waals surface area contributed by atoms with Gasteiger partial charge in [-0.05, 0) is 44.5 Å². The van der Waals surface area contributed by atoms with Crippen molar-refractivity contribution in [3.8, 4) is 0 Å². The van der Waals surface area contributed by atoms with Crippen molar-refractivity contribution in [2.75, 3.05) is 18.9 Å². The molecule has 1 aliphatic carbocycles. The zero-order chi connectivity index (χ0) is 14.5. The molecule has 1 aromatic rings. The van der Waals surface area contributed by atoms with Gasteiger partial charge in [0.25, 0.3) is 0 Å². The van der Waals surface area contributed by atoms with E-state index in [2.05, 4.69) is 29.5 Å². The number of hydrogen-bond donors (Lipinski definition) is 3. The third-order valence-electron chi connectivity index (χ3n) is 3.80. The fourth-order valence-electron chi connectivity index (χ4n) is 2.18. The molecule has 2 rings (SSSR count). The van der Waals surface area contributed by atoms with Crippen molar-refractivity contribution in [3.05, 3.63) is 29.8 Å². The van der Waals surface area contributed by atoms with Crippen LogP contribution in [-0.4, -0.2) is 36.6 Å². The topological polar surface area (TPSA) is 70.4 Å². The highest BCUT2D eigenvalue weighted by atomic mass is 16.2. The molecule has 0 saturated heterocycles. The summed E-state index contributed by atoms with van der Waals surface area (Å²) in [6.07, 6.45) is 2.55. The maximum Gasteiger partial charge on any atom is 0.319 e. The molecule has 0 bridgehead atoms. The largest absolute Gasteiger partial charge is 0.336 e. The molecule has 1 atom stereocenters. The van der Waals surface area contributed by atoms with Crippen LogP contribution in [0, 0.1) is 0 Å². The minimum atomic E-state index is -0.171. The van der Waals surface area contributed by atoms with Crippen LogP contribution >= 0.6 is 0 Å². The van der Waals surface area contributed by atoms with Gasteiger partial charge in [0.1, 0.15) is 0 Å². The van der Waals surface area contributed by atoms with Crippen LogP contribution in [0.3, 0.4) is 0 Å². The highest BCUT2D eigenvalue weighted by molar-refractivity contribution is 5.89. The van der Waals surface area contributed by atoms with Gasteiger partial charge in [-0.3, -0.25) is 4.90 Å². The molecule has 110 valence electrons. The Balaban J connectivity index is 1.76. The van der Waals surface area contributed by atoms with Crippen molar-refractivity contribution >= 4 is 11.7 Å². The van der Waals surface area contributed by atoms with E-state index in [9.17, 15) is 4.79 Å². The van der Waals surface area contributed by atoms with Crippen molar-refractivity contribution < 1.29 is 4.79 Å². The number of urea groups is 1. The Morgan fingerprint density at radius 1 is 1.50 bits per heavy atom. The van der Waals surface area contributed by atoms with E-state index in [0.717, 1.165) is 11.3 Å². The summed E-state index contributed by atoms with van der Waals surface area (Å²) in [5.74, 6) is 0. The van der Waals surface area contributed by atoms with Crippen LogP contribution in [0.25, 0.3) is 0 Å². The number of carbonyl (C=O) groups excluding carboxylic acids is 1. The third-order valence-corrected chi connectivity index (χ3v) is 3.80.